The first-order valence-electron chi connectivity index (χ1n) is 12.5. The molecule has 3 aromatic rings. The summed E-state index contributed by atoms with van der Waals surface area (Å²) in [6.07, 6.45) is 1.15. The van der Waals surface area contributed by atoms with Gasteiger partial charge in [0.2, 0.25) is 5.75 Å². The van der Waals surface area contributed by atoms with Gasteiger partial charge in [-0.3, -0.25) is 4.79 Å². The Morgan fingerprint density at radius 1 is 0.838 bits per heavy atom. The number of ketones is 1. The molecule has 0 saturated carbocycles. The number of ether oxygens (including phenoxy) is 2. The van der Waals surface area contributed by atoms with Crippen LogP contribution in [0, 0.1) is 5.92 Å². The van der Waals surface area contributed by atoms with Crippen LogP contribution >= 0.6 is 0 Å². The topological polar surface area (TPSA) is 116 Å². The fraction of sp³-hybridized carbons (Fsp3) is 0.367. The maximum Gasteiger partial charge on any atom is 0.200 e. The minimum absolute atomic E-state index is 0.0480. The molecule has 37 heavy (non-hydrogen) atoms. The minimum Gasteiger partial charge on any atom is -0.504 e. The average Bonchev–Trinajstić information content (AvgIpc) is 2.91. The summed E-state index contributed by atoms with van der Waals surface area (Å²) in [5.74, 6) is -0.961. The fourth-order valence-corrected chi connectivity index (χ4v) is 4.86. The molecule has 0 fully saturated rings. The van der Waals surface area contributed by atoms with Crippen LogP contribution < -0.4 is 9.47 Å². The number of hydrogen-bond donors (Lipinski definition) is 4. The fourth-order valence-electron chi connectivity index (χ4n) is 4.86. The normalized spacial score (nSPS) is 13.5. The van der Waals surface area contributed by atoms with Crippen LogP contribution in [0.15, 0.2) is 60.7 Å². The summed E-state index contributed by atoms with van der Waals surface area (Å²) < 4.78 is 10.3. The van der Waals surface area contributed by atoms with E-state index in [9.17, 15) is 25.2 Å². The lowest BCUT2D eigenvalue weighted by Gasteiger charge is -2.30. The monoisotopic (exact) mass is 508 g/mol. The van der Waals surface area contributed by atoms with Gasteiger partial charge in [0.1, 0.15) is 5.78 Å². The molecule has 0 aromatic heterocycles. The van der Waals surface area contributed by atoms with Crippen molar-refractivity contribution in [2.75, 3.05) is 14.2 Å². The van der Waals surface area contributed by atoms with E-state index < -0.39 is 12.0 Å². The quantitative estimate of drug-likeness (QED) is 0.237. The third-order valence-corrected chi connectivity index (χ3v) is 6.85. The number of phenols is 3. The first kappa shape index (κ1) is 27.9. The molecule has 0 spiro atoms. The van der Waals surface area contributed by atoms with E-state index in [0.29, 0.717) is 37.0 Å². The standard InChI is InChI=1S/C30H36O7/c1-4-22(21-8-6-5-7-9-21)29(24(32)14-11-19-10-13-23(31)27(17-19)36-2)25(33)15-12-20-16-26(34)30(35)28(18-20)37-3/h5-10,13,16-18,22,24,29,31-32,34-35H,4,11-12,14-15H2,1-3H3. The molecule has 3 unspecified atom stereocenters. The predicted octanol–water partition coefficient (Wildman–Crippen LogP) is 5.13. The number of rotatable bonds is 13. The highest BCUT2D eigenvalue weighted by molar-refractivity contribution is 5.83. The molecule has 198 valence electrons. The van der Waals surface area contributed by atoms with Gasteiger partial charge in [-0.1, -0.05) is 43.3 Å². The van der Waals surface area contributed by atoms with Gasteiger partial charge in [0.05, 0.1) is 26.2 Å². The second-order valence-electron chi connectivity index (χ2n) is 9.20. The third kappa shape index (κ3) is 6.95. The Morgan fingerprint density at radius 2 is 1.51 bits per heavy atom. The number of benzene rings is 3. The Morgan fingerprint density at radius 3 is 2.16 bits per heavy atom. The highest BCUT2D eigenvalue weighted by Crippen LogP contribution is 2.38. The van der Waals surface area contributed by atoms with Crippen LogP contribution in [0.3, 0.4) is 0 Å². The zero-order chi connectivity index (χ0) is 26.9. The summed E-state index contributed by atoms with van der Waals surface area (Å²) in [5, 5.41) is 41.1. The molecule has 3 atom stereocenters. The van der Waals surface area contributed by atoms with E-state index in [1.54, 1.807) is 24.3 Å². The maximum absolute atomic E-state index is 13.6. The Balaban J connectivity index is 1.82. The first-order chi connectivity index (χ1) is 17.8. The van der Waals surface area contributed by atoms with Gasteiger partial charge in [0.15, 0.2) is 23.0 Å². The summed E-state index contributed by atoms with van der Waals surface area (Å²) >= 11 is 0. The lowest BCUT2D eigenvalue weighted by Crippen LogP contribution is -2.34. The van der Waals surface area contributed by atoms with Crippen LogP contribution in [0.5, 0.6) is 28.7 Å². The lowest BCUT2D eigenvalue weighted by molar-refractivity contribution is -0.127. The highest BCUT2D eigenvalue weighted by atomic mass is 16.5. The molecule has 3 aromatic carbocycles. The van der Waals surface area contributed by atoms with E-state index in [1.165, 1.54) is 20.3 Å². The van der Waals surface area contributed by atoms with Crippen molar-refractivity contribution in [3.63, 3.8) is 0 Å². The van der Waals surface area contributed by atoms with Crippen molar-refractivity contribution in [1.29, 1.82) is 0 Å². The summed E-state index contributed by atoms with van der Waals surface area (Å²) in [6, 6.07) is 17.8. The van der Waals surface area contributed by atoms with Gasteiger partial charge in [-0.25, -0.2) is 0 Å². The van der Waals surface area contributed by atoms with Gasteiger partial charge in [-0.2, -0.15) is 0 Å². The summed E-state index contributed by atoms with van der Waals surface area (Å²) in [5.41, 5.74) is 2.54. The van der Waals surface area contributed by atoms with E-state index in [4.69, 9.17) is 9.47 Å². The van der Waals surface area contributed by atoms with Crippen LogP contribution in [-0.2, 0) is 17.6 Å². The van der Waals surface area contributed by atoms with Gasteiger partial charge in [0, 0.05) is 6.42 Å². The molecular weight excluding hydrogens is 472 g/mol. The molecule has 0 aliphatic carbocycles. The van der Waals surface area contributed by atoms with Crippen molar-refractivity contribution in [3.8, 4) is 28.7 Å². The molecule has 0 heterocycles. The molecule has 0 aliphatic rings. The number of aliphatic hydroxyl groups excluding tert-OH is 1. The minimum atomic E-state index is -0.889. The van der Waals surface area contributed by atoms with Crippen LogP contribution in [-0.4, -0.2) is 46.5 Å². The number of methoxy groups -OCH3 is 2. The van der Waals surface area contributed by atoms with Gasteiger partial charge in [0.25, 0.3) is 0 Å². The number of aromatic hydroxyl groups is 3. The molecule has 7 heteroatoms. The van der Waals surface area contributed by atoms with Gasteiger partial charge in [-0.05, 0) is 72.6 Å². The van der Waals surface area contributed by atoms with Crippen molar-refractivity contribution in [1.82, 2.24) is 0 Å². The van der Waals surface area contributed by atoms with Crippen LogP contribution in [0.25, 0.3) is 0 Å². The van der Waals surface area contributed by atoms with Crippen LogP contribution in [0.4, 0.5) is 0 Å². The van der Waals surface area contributed by atoms with E-state index in [-0.39, 0.29) is 41.1 Å². The Hall–Kier alpha value is -3.71. The van der Waals surface area contributed by atoms with Crippen molar-refractivity contribution in [3.05, 3.63) is 77.4 Å². The molecular formula is C30H36O7. The summed E-state index contributed by atoms with van der Waals surface area (Å²) in [4.78, 5) is 13.6. The molecule has 0 radical (unpaired) electrons. The third-order valence-electron chi connectivity index (χ3n) is 6.85. The zero-order valence-corrected chi connectivity index (χ0v) is 21.6. The molecule has 0 amide bonds. The molecule has 4 N–H and O–H groups in total. The number of carbonyl (C=O) groups excluding carboxylic acids is 1. The second kappa shape index (κ2) is 13.0. The van der Waals surface area contributed by atoms with Crippen molar-refractivity contribution in [2.24, 2.45) is 5.92 Å². The largest absolute Gasteiger partial charge is 0.504 e. The SMILES string of the molecule is CCC(c1ccccc1)C(C(=O)CCc1cc(O)c(O)c(OC)c1)C(O)CCc1ccc(O)c(OC)c1. The van der Waals surface area contributed by atoms with E-state index >= 15 is 0 Å². The number of phenolic OH excluding ortho intramolecular Hbond substituents is 3. The van der Waals surface area contributed by atoms with Crippen LogP contribution in [0.2, 0.25) is 0 Å². The summed E-state index contributed by atoms with van der Waals surface area (Å²) in [6.45, 7) is 2.01. The number of aliphatic hydroxyl groups is 1. The van der Waals surface area contributed by atoms with Gasteiger partial charge < -0.3 is 29.9 Å². The van der Waals surface area contributed by atoms with E-state index in [1.807, 2.05) is 37.3 Å². The molecule has 0 bridgehead atoms. The van der Waals surface area contributed by atoms with E-state index in [0.717, 1.165) is 11.1 Å². The van der Waals surface area contributed by atoms with Crippen LogP contribution in [0.1, 0.15) is 48.8 Å². The van der Waals surface area contributed by atoms with Gasteiger partial charge >= 0.3 is 0 Å². The Labute approximate surface area is 217 Å². The number of hydrogen-bond acceptors (Lipinski definition) is 7. The number of carbonyl (C=O) groups is 1. The molecule has 3 rings (SSSR count). The smallest absolute Gasteiger partial charge is 0.200 e. The second-order valence-corrected chi connectivity index (χ2v) is 9.20. The number of Topliss-reactive ketones (excluding diaryl/α,β-unsaturated/α-hetero) is 1. The van der Waals surface area contributed by atoms with Crippen molar-refractivity contribution < 1.29 is 34.7 Å². The number of aryl methyl sites for hydroxylation is 2. The summed E-state index contributed by atoms with van der Waals surface area (Å²) in [7, 11) is 2.88. The first-order valence-corrected chi connectivity index (χ1v) is 12.5. The lowest BCUT2D eigenvalue weighted by atomic mass is 9.75. The van der Waals surface area contributed by atoms with Crippen molar-refractivity contribution >= 4 is 5.78 Å². The average molecular weight is 509 g/mol. The molecule has 0 aliphatic heterocycles. The Bertz CT molecular complexity index is 1180. The predicted molar refractivity (Wildman–Crippen MR) is 142 cm³/mol. The van der Waals surface area contributed by atoms with Gasteiger partial charge in [-0.15, -0.1) is 0 Å². The molecule has 0 saturated heterocycles. The maximum atomic E-state index is 13.6. The Kier molecular flexibility index (Phi) is 9.80. The van der Waals surface area contributed by atoms with Crippen molar-refractivity contribution in [2.45, 2.75) is 51.0 Å². The highest BCUT2D eigenvalue weighted by Gasteiger charge is 2.34. The zero-order valence-electron chi connectivity index (χ0n) is 21.6. The molecule has 7 nitrogen and oxygen atoms in total. The van der Waals surface area contributed by atoms with E-state index in [2.05, 4.69) is 0 Å².